The molecule has 0 unspecified atom stereocenters. The lowest BCUT2D eigenvalue weighted by Crippen LogP contribution is -2.14. The van der Waals surface area contributed by atoms with Crippen LogP contribution in [0.1, 0.15) is 38.0 Å². The fourth-order valence-electron chi connectivity index (χ4n) is 3.15. The predicted octanol–water partition coefficient (Wildman–Crippen LogP) is 4.64. The number of nitrogens with zero attached hydrogens (tertiary/aromatic N) is 2. The zero-order valence-electron chi connectivity index (χ0n) is 15.7. The maximum Gasteiger partial charge on any atom is 0.374 e. The number of ether oxygens (including phenoxy) is 1. The lowest BCUT2D eigenvalue weighted by Gasteiger charge is -2.06. The lowest BCUT2D eigenvalue weighted by molar-refractivity contribution is 0.0446. The number of thiazole rings is 1. The number of furan rings is 1. The first-order chi connectivity index (χ1) is 13.4. The quantitative estimate of drug-likeness (QED) is 0.364. The Hall–Kier alpha value is -3.19. The average Bonchev–Trinajstić information content (AvgIpc) is 3.36. The number of carbonyl (C=O) groups is 2. The summed E-state index contributed by atoms with van der Waals surface area (Å²) in [6.45, 7) is 5.35. The number of Topliss-reactive ketones (excluding diaryl/α,β-unsaturated/α-hetero) is 1. The summed E-state index contributed by atoms with van der Waals surface area (Å²) in [5.41, 5.74) is 3.72. The van der Waals surface area contributed by atoms with Crippen LogP contribution in [0.15, 0.2) is 46.2 Å². The third-order valence-corrected chi connectivity index (χ3v) is 5.43. The van der Waals surface area contributed by atoms with Gasteiger partial charge in [0.2, 0.25) is 11.5 Å². The van der Waals surface area contributed by atoms with Crippen LogP contribution in [0, 0.1) is 20.8 Å². The van der Waals surface area contributed by atoms with Crippen LogP contribution in [0.25, 0.3) is 16.1 Å². The number of aryl methyl sites for hydroxylation is 2. The maximum absolute atomic E-state index is 12.6. The van der Waals surface area contributed by atoms with Gasteiger partial charge in [0.1, 0.15) is 5.58 Å². The van der Waals surface area contributed by atoms with Crippen LogP contribution < -0.4 is 0 Å². The van der Waals surface area contributed by atoms with Gasteiger partial charge in [-0.1, -0.05) is 18.2 Å². The van der Waals surface area contributed by atoms with E-state index in [4.69, 9.17) is 9.15 Å². The molecule has 0 aliphatic carbocycles. The van der Waals surface area contributed by atoms with E-state index >= 15 is 0 Å². The largest absolute Gasteiger partial charge is 0.451 e. The maximum atomic E-state index is 12.6. The van der Waals surface area contributed by atoms with E-state index in [0.717, 1.165) is 27.6 Å². The summed E-state index contributed by atoms with van der Waals surface area (Å²) in [5, 5.41) is 3.58. The Labute approximate surface area is 165 Å². The van der Waals surface area contributed by atoms with Crippen LogP contribution in [-0.4, -0.2) is 27.9 Å². The molecule has 0 amide bonds. The molecule has 4 rings (SSSR count). The summed E-state index contributed by atoms with van der Waals surface area (Å²) < 4.78 is 12.6. The van der Waals surface area contributed by atoms with Crippen molar-refractivity contribution in [1.82, 2.24) is 9.55 Å². The standard InChI is InChI=1S/C21H18N2O4S/c1-12-11-28-21(22-12)23-13(2)8-16(14(23)3)17(24)10-26-20(25)19-9-15-6-4-5-7-18(15)27-19/h4-9,11H,10H2,1-3H3. The second-order valence-corrected chi connectivity index (χ2v) is 7.38. The van der Waals surface area contributed by atoms with Crippen molar-refractivity contribution in [1.29, 1.82) is 0 Å². The van der Waals surface area contributed by atoms with Crippen LogP contribution in [0.3, 0.4) is 0 Å². The summed E-state index contributed by atoms with van der Waals surface area (Å²) >= 11 is 1.52. The third-order valence-electron chi connectivity index (χ3n) is 4.49. The van der Waals surface area contributed by atoms with Gasteiger partial charge < -0.3 is 9.15 Å². The van der Waals surface area contributed by atoms with E-state index < -0.39 is 5.97 Å². The molecule has 0 N–H and O–H groups in total. The predicted molar refractivity (Wildman–Crippen MR) is 106 cm³/mol. The molecule has 0 aliphatic heterocycles. The average molecular weight is 394 g/mol. The highest BCUT2D eigenvalue weighted by Crippen LogP contribution is 2.24. The summed E-state index contributed by atoms with van der Waals surface area (Å²) in [6.07, 6.45) is 0. The summed E-state index contributed by atoms with van der Waals surface area (Å²) in [4.78, 5) is 29.4. The number of fused-ring (bicyclic) bond motifs is 1. The van der Waals surface area contributed by atoms with Crippen molar-refractivity contribution in [3.8, 4) is 5.13 Å². The molecular weight excluding hydrogens is 376 g/mol. The van der Waals surface area contributed by atoms with E-state index in [2.05, 4.69) is 4.98 Å². The number of carbonyl (C=O) groups excluding carboxylic acids is 2. The normalized spacial score (nSPS) is 11.1. The van der Waals surface area contributed by atoms with Crippen molar-refractivity contribution in [3.63, 3.8) is 0 Å². The molecule has 0 spiro atoms. The Morgan fingerprint density at radius 3 is 2.68 bits per heavy atom. The van der Waals surface area contributed by atoms with Crippen molar-refractivity contribution in [2.75, 3.05) is 6.61 Å². The van der Waals surface area contributed by atoms with Crippen LogP contribution in [0.5, 0.6) is 0 Å². The molecule has 0 atom stereocenters. The van der Waals surface area contributed by atoms with Crippen LogP contribution in [0.2, 0.25) is 0 Å². The molecule has 0 saturated carbocycles. The molecule has 4 aromatic rings. The molecule has 7 heteroatoms. The van der Waals surface area contributed by atoms with Gasteiger partial charge in [-0.15, -0.1) is 11.3 Å². The first-order valence-corrected chi connectivity index (χ1v) is 9.62. The number of para-hydroxylation sites is 1. The molecule has 0 saturated heterocycles. The van der Waals surface area contributed by atoms with E-state index in [-0.39, 0.29) is 18.2 Å². The zero-order valence-corrected chi connectivity index (χ0v) is 16.5. The van der Waals surface area contributed by atoms with Gasteiger partial charge in [0, 0.05) is 27.7 Å². The smallest absolute Gasteiger partial charge is 0.374 e. The van der Waals surface area contributed by atoms with E-state index in [1.54, 1.807) is 18.2 Å². The second kappa shape index (κ2) is 7.09. The Kier molecular flexibility index (Phi) is 4.60. The number of hydrogen-bond donors (Lipinski definition) is 0. The van der Waals surface area contributed by atoms with E-state index in [0.29, 0.717) is 11.1 Å². The Morgan fingerprint density at radius 1 is 1.18 bits per heavy atom. The van der Waals surface area contributed by atoms with Gasteiger partial charge in [-0.25, -0.2) is 9.78 Å². The van der Waals surface area contributed by atoms with Crippen molar-refractivity contribution in [3.05, 3.63) is 70.2 Å². The van der Waals surface area contributed by atoms with Gasteiger partial charge in [-0.05, 0) is 39.0 Å². The molecule has 0 aliphatic rings. The molecule has 0 fully saturated rings. The van der Waals surface area contributed by atoms with Crippen molar-refractivity contribution in [2.24, 2.45) is 0 Å². The van der Waals surface area contributed by atoms with Crippen LogP contribution in [0.4, 0.5) is 0 Å². The molecule has 1 aromatic carbocycles. The van der Waals surface area contributed by atoms with E-state index in [9.17, 15) is 9.59 Å². The Balaban J connectivity index is 1.50. The van der Waals surface area contributed by atoms with Gasteiger partial charge >= 0.3 is 5.97 Å². The van der Waals surface area contributed by atoms with E-state index in [1.807, 2.05) is 48.9 Å². The molecule has 3 aromatic heterocycles. The molecule has 6 nitrogen and oxygen atoms in total. The number of esters is 1. The highest BCUT2D eigenvalue weighted by Gasteiger charge is 2.21. The second-order valence-electron chi connectivity index (χ2n) is 6.54. The summed E-state index contributed by atoms with van der Waals surface area (Å²) in [5.74, 6) is -0.844. The molecule has 28 heavy (non-hydrogen) atoms. The van der Waals surface area contributed by atoms with Gasteiger partial charge in [-0.2, -0.15) is 0 Å². The minimum absolute atomic E-state index is 0.0812. The van der Waals surface area contributed by atoms with Crippen LogP contribution >= 0.6 is 11.3 Å². The summed E-state index contributed by atoms with van der Waals surface area (Å²) in [6, 6.07) is 10.7. The zero-order chi connectivity index (χ0) is 19.8. The van der Waals surface area contributed by atoms with Gasteiger partial charge in [0.15, 0.2) is 11.7 Å². The fraction of sp³-hybridized carbons (Fsp3) is 0.190. The summed E-state index contributed by atoms with van der Waals surface area (Å²) in [7, 11) is 0. The van der Waals surface area contributed by atoms with Gasteiger partial charge in [0.05, 0.1) is 5.69 Å². The molecule has 0 bridgehead atoms. The molecule has 0 radical (unpaired) electrons. The third kappa shape index (κ3) is 3.25. The molecule has 3 heterocycles. The number of aromatic nitrogens is 2. The monoisotopic (exact) mass is 394 g/mol. The number of ketones is 1. The number of hydrogen-bond acceptors (Lipinski definition) is 6. The molecular formula is C21H18N2O4S. The Bertz CT molecular complexity index is 1170. The minimum Gasteiger partial charge on any atom is -0.451 e. The highest BCUT2D eigenvalue weighted by atomic mass is 32.1. The minimum atomic E-state index is -0.658. The van der Waals surface area contributed by atoms with Crippen molar-refractivity contribution >= 4 is 34.1 Å². The van der Waals surface area contributed by atoms with Crippen molar-refractivity contribution in [2.45, 2.75) is 20.8 Å². The highest BCUT2D eigenvalue weighted by molar-refractivity contribution is 7.12. The lowest BCUT2D eigenvalue weighted by atomic mass is 10.1. The van der Waals surface area contributed by atoms with E-state index in [1.165, 1.54) is 11.3 Å². The topological polar surface area (TPSA) is 74.3 Å². The van der Waals surface area contributed by atoms with Gasteiger partial charge in [0.25, 0.3) is 0 Å². The number of rotatable bonds is 5. The first kappa shape index (κ1) is 18.2. The first-order valence-electron chi connectivity index (χ1n) is 8.74. The fourth-order valence-corrected chi connectivity index (χ4v) is 4.06. The molecule has 142 valence electrons. The van der Waals surface area contributed by atoms with Crippen LogP contribution in [-0.2, 0) is 4.74 Å². The Morgan fingerprint density at radius 2 is 1.96 bits per heavy atom. The van der Waals surface area contributed by atoms with Crippen molar-refractivity contribution < 1.29 is 18.7 Å². The van der Waals surface area contributed by atoms with Gasteiger partial charge in [-0.3, -0.25) is 9.36 Å². The SMILES string of the molecule is Cc1csc(-n2c(C)cc(C(=O)COC(=O)c3cc4ccccc4o3)c2C)n1. The number of benzene rings is 1.